The van der Waals surface area contributed by atoms with E-state index in [1.807, 2.05) is 17.0 Å². The van der Waals surface area contributed by atoms with Gasteiger partial charge in [0.15, 0.2) is 0 Å². The van der Waals surface area contributed by atoms with E-state index in [1.54, 1.807) is 14.0 Å². The number of benzene rings is 2. The fraction of sp³-hybridized carbons (Fsp3) is 0.381. The molecule has 0 unspecified atom stereocenters. The van der Waals surface area contributed by atoms with Gasteiger partial charge >= 0.3 is 0 Å². The van der Waals surface area contributed by atoms with Crippen LogP contribution in [0.1, 0.15) is 12.5 Å². The summed E-state index contributed by atoms with van der Waals surface area (Å²) in [5, 5.41) is 0. The van der Waals surface area contributed by atoms with Crippen LogP contribution in [0.25, 0.3) is 0 Å². The maximum absolute atomic E-state index is 11.7. The van der Waals surface area contributed by atoms with Gasteiger partial charge in [-0.3, -0.25) is 4.79 Å². The van der Waals surface area contributed by atoms with Gasteiger partial charge in [-0.05, 0) is 42.3 Å². The number of rotatable bonds is 3. The van der Waals surface area contributed by atoms with Gasteiger partial charge in [-0.1, -0.05) is 12.1 Å². The van der Waals surface area contributed by atoms with Crippen molar-refractivity contribution in [3.8, 4) is 5.75 Å². The van der Waals surface area contributed by atoms with Crippen molar-refractivity contribution < 1.29 is 9.53 Å². The quantitative estimate of drug-likeness (QED) is 0.852. The van der Waals surface area contributed by atoms with Crippen LogP contribution in [0, 0.1) is 0 Å². The lowest BCUT2D eigenvalue weighted by atomic mass is 10.1. The van der Waals surface area contributed by atoms with Gasteiger partial charge in [0, 0.05) is 51.0 Å². The van der Waals surface area contributed by atoms with Crippen molar-refractivity contribution in [3.63, 3.8) is 0 Å². The van der Waals surface area contributed by atoms with Crippen LogP contribution < -0.4 is 19.4 Å². The van der Waals surface area contributed by atoms with Gasteiger partial charge in [0.1, 0.15) is 5.75 Å². The molecule has 0 bridgehead atoms. The normalized spacial score (nSPS) is 16.6. The van der Waals surface area contributed by atoms with E-state index in [9.17, 15) is 4.79 Å². The van der Waals surface area contributed by atoms with Crippen molar-refractivity contribution in [1.29, 1.82) is 0 Å². The van der Waals surface area contributed by atoms with E-state index in [0.717, 1.165) is 50.6 Å². The van der Waals surface area contributed by atoms with Crippen LogP contribution >= 0.6 is 0 Å². The number of fused-ring (bicyclic) bond motifs is 1. The van der Waals surface area contributed by atoms with E-state index in [0.29, 0.717) is 0 Å². The highest BCUT2D eigenvalue weighted by Crippen LogP contribution is 2.33. The van der Waals surface area contributed by atoms with Crippen molar-refractivity contribution in [1.82, 2.24) is 0 Å². The molecule has 1 saturated heterocycles. The first kappa shape index (κ1) is 16.8. The van der Waals surface area contributed by atoms with Gasteiger partial charge in [0.25, 0.3) is 0 Å². The van der Waals surface area contributed by atoms with Crippen LogP contribution in [0.3, 0.4) is 0 Å². The lowest BCUT2D eigenvalue weighted by molar-refractivity contribution is -0.116. The second-order valence-electron chi connectivity index (χ2n) is 6.88. The molecular weight excluding hydrogens is 326 g/mol. The molecule has 0 aliphatic carbocycles. The Morgan fingerprint density at radius 2 is 1.65 bits per heavy atom. The molecular formula is C21H25N3O2. The molecule has 136 valence electrons. The molecule has 1 amide bonds. The summed E-state index contributed by atoms with van der Waals surface area (Å²) in [4.78, 5) is 18.4. The standard InChI is InChI=1S/C21H25N3O2/c1-16(25)24-10-9-17-15-18(7-8-19(17)24)22-11-13-23(14-12-22)20-5-3-4-6-21(20)26-2/h3-8,15H,9-14H2,1-2H3. The predicted molar refractivity (Wildman–Crippen MR) is 106 cm³/mol. The Morgan fingerprint density at radius 3 is 2.38 bits per heavy atom. The van der Waals surface area contributed by atoms with E-state index < -0.39 is 0 Å². The molecule has 2 aromatic carbocycles. The number of amides is 1. The molecule has 2 heterocycles. The molecule has 1 fully saturated rings. The summed E-state index contributed by atoms with van der Waals surface area (Å²) in [6.07, 6.45) is 0.948. The zero-order chi connectivity index (χ0) is 18.1. The Bertz CT molecular complexity index is 813. The fourth-order valence-electron chi connectivity index (χ4n) is 4.01. The molecule has 5 nitrogen and oxygen atoms in total. The van der Waals surface area contributed by atoms with Crippen molar-refractivity contribution in [3.05, 3.63) is 48.0 Å². The highest BCUT2D eigenvalue weighted by molar-refractivity contribution is 5.94. The number of nitrogens with zero attached hydrogens (tertiary/aromatic N) is 3. The predicted octanol–water partition coefficient (Wildman–Crippen LogP) is 2.93. The molecule has 2 aliphatic rings. The van der Waals surface area contributed by atoms with E-state index >= 15 is 0 Å². The number of methoxy groups -OCH3 is 1. The number of anilines is 3. The summed E-state index contributed by atoms with van der Waals surface area (Å²) in [7, 11) is 1.73. The summed E-state index contributed by atoms with van der Waals surface area (Å²) >= 11 is 0. The number of hydrogen-bond acceptors (Lipinski definition) is 4. The second-order valence-corrected chi connectivity index (χ2v) is 6.88. The van der Waals surface area contributed by atoms with E-state index in [-0.39, 0.29) is 5.91 Å². The monoisotopic (exact) mass is 351 g/mol. The maximum atomic E-state index is 11.7. The highest BCUT2D eigenvalue weighted by Gasteiger charge is 2.24. The van der Waals surface area contributed by atoms with Gasteiger partial charge in [-0.2, -0.15) is 0 Å². The average Bonchev–Trinajstić information content (AvgIpc) is 3.11. The van der Waals surface area contributed by atoms with Crippen LogP contribution in [-0.4, -0.2) is 45.7 Å². The third kappa shape index (κ3) is 2.98. The van der Waals surface area contributed by atoms with E-state index in [1.165, 1.54) is 16.9 Å². The van der Waals surface area contributed by atoms with Gasteiger partial charge in [-0.25, -0.2) is 0 Å². The smallest absolute Gasteiger partial charge is 0.223 e. The number of carbonyl (C=O) groups excluding carboxylic acids is 1. The molecule has 0 atom stereocenters. The Morgan fingerprint density at radius 1 is 0.923 bits per heavy atom. The minimum atomic E-state index is 0.127. The van der Waals surface area contributed by atoms with Crippen LogP contribution in [0.2, 0.25) is 0 Å². The van der Waals surface area contributed by atoms with Crippen LogP contribution in [0.15, 0.2) is 42.5 Å². The Labute approximate surface area is 154 Å². The van der Waals surface area contributed by atoms with E-state index in [2.05, 4.69) is 40.1 Å². The minimum absolute atomic E-state index is 0.127. The average molecular weight is 351 g/mol. The fourth-order valence-corrected chi connectivity index (χ4v) is 4.01. The SMILES string of the molecule is COc1ccccc1N1CCN(c2ccc3c(c2)CCN3C(C)=O)CC1. The van der Waals surface area contributed by atoms with E-state index in [4.69, 9.17) is 4.74 Å². The molecule has 5 heteroatoms. The first-order valence-corrected chi connectivity index (χ1v) is 9.21. The van der Waals surface area contributed by atoms with Gasteiger partial charge < -0.3 is 19.4 Å². The molecule has 0 spiro atoms. The maximum Gasteiger partial charge on any atom is 0.223 e. The molecule has 26 heavy (non-hydrogen) atoms. The summed E-state index contributed by atoms with van der Waals surface area (Å²) in [6, 6.07) is 14.7. The van der Waals surface area contributed by atoms with Crippen molar-refractivity contribution >= 4 is 23.0 Å². The first-order valence-electron chi connectivity index (χ1n) is 9.21. The van der Waals surface area contributed by atoms with Gasteiger partial charge in [0.2, 0.25) is 5.91 Å². The van der Waals surface area contributed by atoms with Gasteiger partial charge in [0.05, 0.1) is 12.8 Å². The Balaban J connectivity index is 1.46. The van der Waals surface area contributed by atoms with Crippen LogP contribution in [-0.2, 0) is 11.2 Å². The first-order chi connectivity index (χ1) is 12.7. The largest absolute Gasteiger partial charge is 0.495 e. The summed E-state index contributed by atoms with van der Waals surface area (Å²) < 4.78 is 5.50. The summed E-state index contributed by atoms with van der Waals surface area (Å²) in [5.74, 6) is 1.06. The minimum Gasteiger partial charge on any atom is -0.495 e. The number of ether oxygens (including phenoxy) is 1. The summed E-state index contributed by atoms with van der Waals surface area (Å²) in [6.45, 7) is 6.34. The van der Waals surface area contributed by atoms with Crippen molar-refractivity contribution in [2.75, 3.05) is 54.5 Å². The lowest BCUT2D eigenvalue weighted by Crippen LogP contribution is -2.46. The molecule has 4 rings (SSSR count). The van der Waals surface area contributed by atoms with Crippen molar-refractivity contribution in [2.45, 2.75) is 13.3 Å². The highest BCUT2D eigenvalue weighted by atomic mass is 16.5. The van der Waals surface area contributed by atoms with Crippen LogP contribution in [0.5, 0.6) is 5.75 Å². The molecule has 0 saturated carbocycles. The van der Waals surface area contributed by atoms with Crippen LogP contribution in [0.4, 0.5) is 17.1 Å². The molecule has 0 radical (unpaired) electrons. The molecule has 2 aromatic rings. The van der Waals surface area contributed by atoms with Crippen molar-refractivity contribution in [2.24, 2.45) is 0 Å². The molecule has 0 N–H and O–H groups in total. The molecule has 2 aliphatic heterocycles. The lowest BCUT2D eigenvalue weighted by Gasteiger charge is -2.38. The summed E-state index contributed by atoms with van der Waals surface area (Å²) in [5.41, 5.74) is 4.79. The second kappa shape index (κ2) is 6.90. The number of carbonyl (C=O) groups is 1. The number of piperazine rings is 1. The number of para-hydroxylation sites is 2. The zero-order valence-corrected chi connectivity index (χ0v) is 15.4. The Kier molecular flexibility index (Phi) is 4.45. The van der Waals surface area contributed by atoms with Gasteiger partial charge in [-0.15, -0.1) is 0 Å². The zero-order valence-electron chi connectivity index (χ0n) is 15.4. The number of hydrogen-bond donors (Lipinski definition) is 0. The Hall–Kier alpha value is -2.69. The third-order valence-corrected chi connectivity index (χ3v) is 5.41. The third-order valence-electron chi connectivity index (χ3n) is 5.41. The molecule has 0 aromatic heterocycles. The topological polar surface area (TPSA) is 36.0 Å².